The molecule has 9 heteroatoms. The molecule has 7 nitrogen and oxygen atoms in total. The SMILES string of the molecule is CCOC(=O)c1sc(N2C(=O)C(=O)C(C(=O)c3ccc(F)cc3)C2c2ccc(C)cc2)nc1C. The Hall–Kier alpha value is -3.72. The van der Waals surface area contributed by atoms with Crippen LogP contribution in [0.5, 0.6) is 0 Å². The molecule has 2 atom stereocenters. The van der Waals surface area contributed by atoms with Crippen LogP contribution >= 0.6 is 11.3 Å². The summed E-state index contributed by atoms with van der Waals surface area (Å²) in [4.78, 5) is 57.8. The van der Waals surface area contributed by atoms with Gasteiger partial charge in [-0.2, -0.15) is 0 Å². The van der Waals surface area contributed by atoms with Gasteiger partial charge in [-0.3, -0.25) is 19.3 Å². The molecule has 2 aromatic carbocycles. The van der Waals surface area contributed by atoms with E-state index < -0.39 is 41.2 Å². The lowest BCUT2D eigenvalue weighted by atomic mass is 9.86. The second kappa shape index (κ2) is 9.26. The number of hydrogen-bond donors (Lipinski definition) is 0. The van der Waals surface area contributed by atoms with Gasteiger partial charge in [-0.15, -0.1) is 0 Å². The molecule has 1 fully saturated rings. The number of thiazole rings is 1. The van der Waals surface area contributed by atoms with Crippen molar-refractivity contribution < 1.29 is 28.3 Å². The number of nitrogens with zero attached hydrogens (tertiary/aromatic N) is 2. The number of anilines is 1. The van der Waals surface area contributed by atoms with E-state index in [4.69, 9.17) is 4.74 Å². The zero-order valence-corrected chi connectivity index (χ0v) is 19.5. The summed E-state index contributed by atoms with van der Waals surface area (Å²) in [6.07, 6.45) is 0. The van der Waals surface area contributed by atoms with Gasteiger partial charge in [-0.1, -0.05) is 41.2 Å². The fourth-order valence-electron chi connectivity index (χ4n) is 3.91. The number of ketones is 2. The average Bonchev–Trinajstić information content (AvgIpc) is 3.31. The van der Waals surface area contributed by atoms with E-state index in [9.17, 15) is 23.6 Å². The molecule has 0 spiro atoms. The summed E-state index contributed by atoms with van der Waals surface area (Å²) in [5.74, 6) is -4.82. The first-order chi connectivity index (χ1) is 16.2. The first kappa shape index (κ1) is 23.4. The predicted octanol–water partition coefficient (Wildman–Crippen LogP) is 4.23. The molecule has 2 unspecified atom stereocenters. The zero-order valence-electron chi connectivity index (χ0n) is 18.7. The van der Waals surface area contributed by atoms with E-state index in [0.29, 0.717) is 11.3 Å². The number of carbonyl (C=O) groups is 4. The number of halogens is 1. The standard InChI is InChI=1S/C25H21FN2O5S/c1-4-33-24(32)22-14(3)27-25(34-22)28-19(15-7-5-13(2)6-8-15)18(21(30)23(28)31)20(29)16-9-11-17(26)12-10-16/h5-12,18-19H,4H2,1-3H3. The fourth-order valence-corrected chi connectivity index (χ4v) is 4.90. The van der Waals surface area contributed by atoms with Crippen LogP contribution < -0.4 is 4.90 Å². The average molecular weight is 481 g/mol. The third-order valence-corrected chi connectivity index (χ3v) is 6.73. The summed E-state index contributed by atoms with van der Waals surface area (Å²) in [5, 5.41) is 0.124. The maximum Gasteiger partial charge on any atom is 0.350 e. The van der Waals surface area contributed by atoms with Crippen molar-refractivity contribution in [1.29, 1.82) is 0 Å². The van der Waals surface area contributed by atoms with Crippen LogP contribution in [0.3, 0.4) is 0 Å². The second-order valence-corrected chi connectivity index (χ2v) is 8.85. The van der Waals surface area contributed by atoms with Crippen LogP contribution in [0.15, 0.2) is 48.5 Å². The number of carbonyl (C=O) groups excluding carboxylic acids is 4. The number of aromatic nitrogens is 1. The van der Waals surface area contributed by atoms with E-state index in [1.807, 2.05) is 19.1 Å². The monoisotopic (exact) mass is 480 g/mol. The van der Waals surface area contributed by atoms with Gasteiger partial charge < -0.3 is 4.74 Å². The Labute approximate surface area is 199 Å². The van der Waals surface area contributed by atoms with E-state index in [2.05, 4.69) is 4.98 Å². The van der Waals surface area contributed by atoms with Gasteiger partial charge in [0.15, 0.2) is 10.9 Å². The lowest BCUT2D eigenvalue weighted by Crippen LogP contribution is -2.30. The fraction of sp³-hybridized carbons (Fsp3) is 0.240. The zero-order chi connectivity index (χ0) is 24.6. The summed E-state index contributed by atoms with van der Waals surface area (Å²) in [7, 11) is 0. The number of hydrogen-bond acceptors (Lipinski definition) is 7. The van der Waals surface area contributed by atoms with Crippen molar-refractivity contribution in [2.24, 2.45) is 5.92 Å². The quantitative estimate of drug-likeness (QED) is 0.227. The molecule has 1 aliphatic heterocycles. The smallest absolute Gasteiger partial charge is 0.350 e. The first-order valence-corrected chi connectivity index (χ1v) is 11.4. The van der Waals surface area contributed by atoms with Gasteiger partial charge in [0, 0.05) is 5.56 Å². The van der Waals surface area contributed by atoms with Gasteiger partial charge in [0.05, 0.1) is 18.3 Å². The molecule has 1 aromatic heterocycles. The van der Waals surface area contributed by atoms with Crippen LogP contribution in [-0.2, 0) is 14.3 Å². The summed E-state index contributed by atoms with van der Waals surface area (Å²) in [6.45, 7) is 5.35. The molecular weight excluding hydrogens is 459 g/mol. The second-order valence-electron chi connectivity index (χ2n) is 7.88. The summed E-state index contributed by atoms with van der Waals surface area (Å²) in [6, 6.07) is 11.0. The number of amides is 1. The highest BCUT2D eigenvalue weighted by Crippen LogP contribution is 2.43. The lowest BCUT2D eigenvalue weighted by Gasteiger charge is -2.25. The molecule has 0 radical (unpaired) electrons. The molecule has 3 aromatic rings. The maximum absolute atomic E-state index is 13.4. The molecule has 4 rings (SSSR count). The third-order valence-electron chi connectivity index (χ3n) is 5.59. The highest BCUT2D eigenvalue weighted by atomic mass is 32.1. The van der Waals surface area contributed by atoms with Crippen molar-refractivity contribution in [2.75, 3.05) is 11.5 Å². The first-order valence-electron chi connectivity index (χ1n) is 10.6. The Morgan fingerprint density at radius 2 is 1.71 bits per heavy atom. The van der Waals surface area contributed by atoms with E-state index in [0.717, 1.165) is 29.0 Å². The van der Waals surface area contributed by atoms with Crippen LogP contribution in [-0.4, -0.2) is 35.0 Å². The molecular formula is C25H21FN2O5S. The van der Waals surface area contributed by atoms with Crippen molar-refractivity contribution in [3.8, 4) is 0 Å². The molecule has 1 saturated heterocycles. The minimum absolute atomic E-state index is 0.119. The normalized spacial score (nSPS) is 17.8. The summed E-state index contributed by atoms with van der Waals surface area (Å²) in [5.41, 5.74) is 2.00. The van der Waals surface area contributed by atoms with E-state index in [-0.39, 0.29) is 22.2 Å². The lowest BCUT2D eigenvalue weighted by molar-refractivity contribution is -0.135. The van der Waals surface area contributed by atoms with Gasteiger partial charge in [0.2, 0.25) is 5.78 Å². The van der Waals surface area contributed by atoms with E-state index >= 15 is 0 Å². The molecule has 0 saturated carbocycles. The molecule has 1 amide bonds. The van der Waals surface area contributed by atoms with Crippen LogP contribution in [0.1, 0.15) is 49.8 Å². The van der Waals surface area contributed by atoms with E-state index in [1.165, 1.54) is 17.0 Å². The topological polar surface area (TPSA) is 93.6 Å². The van der Waals surface area contributed by atoms with Crippen molar-refractivity contribution in [1.82, 2.24) is 4.98 Å². The molecule has 1 aliphatic rings. The van der Waals surface area contributed by atoms with Crippen LogP contribution in [0, 0.1) is 25.6 Å². The number of esters is 1. The van der Waals surface area contributed by atoms with Crippen molar-refractivity contribution in [3.05, 3.63) is 81.6 Å². The Kier molecular flexibility index (Phi) is 6.39. The molecule has 34 heavy (non-hydrogen) atoms. The number of ether oxygens (including phenoxy) is 1. The van der Waals surface area contributed by atoms with E-state index in [1.54, 1.807) is 26.0 Å². The van der Waals surface area contributed by atoms with Crippen LogP contribution in [0.25, 0.3) is 0 Å². The largest absolute Gasteiger partial charge is 0.462 e. The summed E-state index contributed by atoms with van der Waals surface area (Å²) < 4.78 is 18.5. The molecule has 2 heterocycles. The van der Waals surface area contributed by atoms with Gasteiger partial charge in [0.1, 0.15) is 16.6 Å². The van der Waals surface area contributed by atoms with Gasteiger partial charge in [-0.05, 0) is 50.6 Å². The van der Waals surface area contributed by atoms with Gasteiger partial charge in [0.25, 0.3) is 5.91 Å². The number of aryl methyl sites for hydroxylation is 2. The Balaban J connectivity index is 1.83. The van der Waals surface area contributed by atoms with Crippen molar-refractivity contribution in [3.63, 3.8) is 0 Å². The number of benzene rings is 2. The minimum atomic E-state index is -1.35. The minimum Gasteiger partial charge on any atom is -0.462 e. The molecule has 0 N–H and O–H groups in total. The Morgan fingerprint density at radius 3 is 2.32 bits per heavy atom. The number of rotatable bonds is 6. The maximum atomic E-state index is 13.4. The Bertz CT molecular complexity index is 1280. The third kappa shape index (κ3) is 4.14. The number of Topliss-reactive ketones (excluding diaryl/α,β-unsaturated/α-hetero) is 2. The molecule has 0 bridgehead atoms. The van der Waals surface area contributed by atoms with Gasteiger partial charge >= 0.3 is 5.97 Å². The molecule has 0 aliphatic carbocycles. The predicted molar refractivity (Wildman–Crippen MR) is 123 cm³/mol. The molecule has 174 valence electrons. The van der Waals surface area contributed by atoms with Crippen molar-refractivity contribution >= 4 is 39.9 Å². The van der Waals surface area contributed by atoms with Crippen molar-refractivity contribution in [2.45, 2.75) is 26.8 Å². The Morgan fingerprint density at radius 1 is 1.06 bits per heavy atom. The van der Waals surface area contributed by atoms with Gasteiger partial charge in [-0.25, -0.2) is 14.2 Å². The van der Waals surface area contributed by atoms with Crippen LogP contribution in [0.2, 0.25) is 0 Å². The highest BCUT2D eigenvalue weighted by molar-refractivity contribution is 7.17. The van der Waals surface area contributed by atoms with Crippen LogP contribution in [0.4, 0.5) is 9.52 Å². The highest BCUT2D eigenvalue weighted by Gasteiger charge is 2.53. The summed E-state index contributed by atoms with van der Waals surface area (Å²) >= 11 is 0.930.